The third-order valence-corrected chi connectivity index (χ3v) is 2.64. The van der Waals surface area contributed by atoms with Gasteiger partial charge in [-0.2, -0.15) is 0 Å². The summed E-state index contributed by atoms with van der Waals surface area (Å²) in [5.41, 5.74) is 0.282. The molecule has 0 amide bonds. The van der Waals surface area contributed by atoms with Crippen LogP contribution in [0.25, 0.3) is 0 Å². The zero-order chi connectivity index (χ0) is 9.84. The van der Waals surface area contributed by atoms with Crippen molar-refractivity contribution in [2.75, 3.05) is 4.43 Å². The van der Waals surface area contributed by atoms with E-state index in [4.69, 9.17) is 11.6 Å². The summed E-state index contributed by atoms with van der Waals surface area (Å²) in [6.07, 6.45) is -0.215. The highest BCUT2D eigenvalue weighted by Crippen LogP contribution is 2.25. The van der Waals surface area contributed by atoms with Crippen LogP contribution in [0.3, 0.4) is 0 Å². The Kier molecular flexibility index (Phi) is 4.41. The molecular formula is C9H9ClFIO. The van der Waals surface area contributed by atoms with E-state index < -0.39 is 11.9 Å². The first kappa shape index (κ1) is 11.2. The van der Waals surface area contributed by atoms with E-state index in [9.17, 15) is 9.50 Å². The molecule has 1 aromatic carbocycles. The third-order valence-electron chi connectivity index (χ3n) is 1.72. The monoisotopic (exact) mass is 314 g/mol. The van der Waals surface area contributed by atoms with Crippen LogP contribution in [0.5, 0.6) is 0 Å². The van der Waals surface area contributed by atoms with Crippen LogP contribution < -0.4 is 0 Å². The molecule has 0 aliphatic rings. The highest BCUT2D eigenvalue weighted by molar-refractivity contribution is 14.1. The molecule has 1 aromatic rings. The fraction of sp³-hybridized carbons (Fsp3) is 0.333. The maximum absolute atomic E-state index is 13.3. The lowest BCUT2D eigenvalue weighted by Gasteiger charge is -2.10. The minimum absolute atomic E-state index is 0.0602. The molecule has 0 saturated heterocycles. The van der Waals surface area contributed by atoms with Crippen molar-refractivity contribution in [1.29, 1.82) is 0 Å². The summed E-state index contributed by atoms with van der Waals surface area (Å²) in [5.74, 6) is -0.512. The number of aliphatic hydroxyl groups excluding tert-OH is 1. The lowest BCUT2D eigenvalue weighted by Crippen LogP contribution is -2.01. The van der Waals surface area contributed by atoms with Crippen LogP contribution >= 0.6 is 34.2 Å². The Hall–Kier alpha value is 0.130. The normalized spacial score (nSPS) is 12.9. The average molecular weight is 315 g/mol. The van der Waals surface area contributed by atoms with Gasteiger partial charge in [0.15, 0.2) is 0 Å². The number of halogens is 3. The van der Waals surface area contributed by atoms with Gasteiger partial charge in [-0.25, -0.2) is 4.39 Å². The number of benzene rings is 1. The summed E-state index contributed by atoms with van der Waals surface area (Å²) in [6, 6.07) is 4.66. The summed E-state index contributed by atoms with van der Waals surface area (Å²) in [7, 11) is 0. The van der Waals surface area contributed by atoms with E-state index in [1.54, 1.807) is 12.1 Å². The van der Waals surface area contributed by atoms with Gasteiger partial charge in [0.25, 0.3) is 0 Å². The highest BCUT2D eigenvalue weighted by atomic mass is 127. The lowest BCUT2D eigenvalue weighted by molar-refractivity contribution is 0.171. The Morgan fingerprint density at radius 1 is 1.54 bits per heavy atom. The molecule has 4 heteroatoms. The van der Waals surface area contributed by atoms with Crippen LogP contribution in [0.15, 0.2) is 18.2 Å². The molecule has 0 aliphatic heterocycles. The maximum Gasteiger partial charge on any atom is 0.147 e. The number of hydrogen-bond donors (Lipinski definition) is 1. The van der Waals surface area contributed by atoms with E-state index in [0.717, 1.165) is 4.43 Å². The minimum Gasteiger partial charge on any atom is -0.388 e. The zero-order valence-electron chi connectivity index (χ0n) is 6.80. The Labute approximate surface area is 95.1 Å². The van der Waals surface area contributed by atoms with Crippen molar-refractivity contribution in [2.45, 2.75) is 12.5 Å². The van der Waals surface area contributed by atoms with E-state index in [1.165, 1.54) is 6.07 Å². The van der Waals surface area contributed by atoms with E-state index in [2.05, 4.69) is 22.6 Å². The topological polar surface area (TPSA) is 20.2 Å². The second-order valence-electron chi connectivity index (χ2n) is 2.64. The van der Waals surface area contributed by atoms with E-state index >= 15 is 0 Å². The molecule has 1 nitrogen and oxygen atoms in total. The summed E-state index contributed by atoms with van der Waals surface area (Å²) >= 11 is 7.70. The molecular weight excluding hydrogens is 305 g/mol. The molecule has 1 N–H and O–H groups in total. The number of hydrogen-bond acceptors (Lipinski definition) is 1. The second-order valence-corrected chi connectivity index (χ2v) is 4.12. The van der Waals surface area contributed by atoms with Gasteiger partial charge >= 0.3 is 0 Å². The Morgan fingerprint density at radius 3 is 2.85 bits per heavy atom. The van der Waals surface area contributed by atoms with E-state index in [-0.39, 0.29) is 10.6 Å². The van der Waals surface area contributed by atoms with Crippen molar-refractivity contribution in [3.63, 3.8) is 0 Å². The van der Waals surface area contributed by atoms with Crippen LogP contribution in [-0.4, -0.2) is 9.53 Å². The van der Waals surface area contributed by atoms with Crippen LogP contribution in [0, 0.1) is 5.82 Å². The molecule has 0 aromatic heterocycles. The summed E-state index contributed by atoms with van der Waals surface area (Å²) in [5, 5.41) is 9.58. The first-order valence-electron chi connectivity index (χ1n) is 3.84. The molecule has 0 bridgehead atoms. The fourth-order valence-electron chi connectivity index (χ4n) is 1.04. The SMILES string of the molecule is OC(CCI)c1cccc(Cl)c1F. The van der Waals surface area contributed by atoms with Gasteiger partial charge in [0.05, 0.1) is 11.1 Å². The molecule has 0 heterocycles. The number of rotatable bonds is 3. The lowest BCUT2D eigenvalue weighted by atomic mass is 10.1. The summed E-state index contributed by atoms with van der Waals surface area (Å²) in [6.45, 7) is 0. The van der Waals surface area contributed by atoms with E-state index in [1.807, 2.05) is 0 Å². The average Bonchev–Trinajstić information content (AvgIpc) is 2.10. The number of alkyl halides is 1. The molecule has 0 spiro atoms. The molecule has 0 aliphatic carbocycles. The first-order valence-corrected chi connectivity index (χ1v) is 5.75. The smallest absolute Gasteiger partial charge is 0.147 e. The zero-order valence-corrected chi connectivity index (χ0v) is 9.72. The van der Waals surface area contributed by atoms with Gasteiger partial charge in [-0.1, -0.05) is 46.3 Å². The van der Waals surface area contributed by atoms with E-state index in [0.29, 0.717) is 6.42 Å². The second kappa shape index (κ2) is 5.12. The van der Waals surface area contributed by atoms with Gasteiger partial charge in [-0.15, -0.1) is 0 Å². The van der Waals surface area contributed by atoms with Gasteiger partial charge in [-0.3, -0.25) is 0 Å². The van der Waals surface area contributed by atoms with Crippen LogP contribution in [0.4, 0.5) is 4.39 Å². The Bertz CT molecular complexity index is 293. The predicted octanol–water partition coefficient (Wildman–Crippen LogP) is 3.34. The van der Waals surface area contributed by atoms with Crippen LogP contribution in [-0.2, 0) is 0 Å². The van der Waals surface area contributed by atoms with Crippen molar-refractivity contribution in [2.24, 2.45) is 0 Å². The van der Waals surface area contributed by atoms with Gasteiger partial charge in [0.2, 0.25) is 0 Å². The summed E-state index contributed by atoms with van der Waals surface area (Å²) in [4.78, 5) is 0. The van der Waals surface area contributed by atoms with Gasteiger partial charge < -0.3 is 5.11 Å². The third kappa shape index (κ3) is 2.79. The molecule has 1 atom stereocenters. The van der Waals surface area contributed by atoms with Crippen LogP contribution in [0.1, 0.15) is 18.1 Å². The molecule has 0 fully saturated rings. The van der Waals surface area contributed by atoms with Gasteiger partial charge in [0, 0.05) is 9.99 Å². The molecule has 0 radical (unpaired) electrons. The molecule has 0 saturated carbocycles. The van der Waals surface area contributed by atoms with Crippen molar-refractivity contribution in [1.82, 2.24) is 0 Å². The van der Waals surface area contributed by atoms with Crippen molar-refractivity contribution >= 4 is 34.2 Å². The van der Waals surface area contributed by atoms with Crippen molar-refractivity contribution in [3.05, 3.63) is 34.6 Å². The molecule has 1 unspecified atom stereocenters. The highest BCUT2D eigenvalue weighted by Gasteiger charge is 2.13. The predicted molar refractivity (Wildman–Crippen MR) is 59.9 cm³/mol. The van der Waals surface area contributed by atoms with Gasteiger partial charge in [-0.05, 0) is 12.5 Å². The standard InChI is InChI=1S/C9H9ClFIO/c10-7-3-1-2-6(9(7)11)8(13)4-5-12/h1-3,8,13H,4-5H2. The maximum atomic E-state index is 13.3. The molecule has 1 rings (SSSR count). The Morgan fingerprint density at radius 2 is 2.23 bits per heavy atom. The number of aliphatic hydroxyl groups is 1. The first-order chi connectivity index (χ1) is 6.16. The van der Waals surface area contributed by atoms with Crippen LogP contribution in [0.2, 0.25) is 5.02 Å². The Balaban J connectivity index is 2.93. The summed E-state index contributed by atoms with van der Waals surface area (Å²) < 4.78 is 14.1. The molecule has 13 heavy (non-hydrogen) atoms. The van der Waals surface area contributed by atoms with Crippen molar-refractivity contribution < 1.29 is 9.50 Å². The largest absolute Gasteiger partial charge is 0.388 e. The quantitative estimate of drug-likeness (QED) is 0.670. The fourth-order valence-corrected chi connectivity index (χ4v) is 1.81. The minimum atomic E-state index is -0.754. The van der Waals surface area contributed by atoms with Gasteiger partial charge in [0.1, 0.15) is 5.82 Å². The molecule has 72 valence electrons. The van der Waals surface area contributed by atoms with Crippen molar-refractivity contribution in [3.8, 4) is 0 Å².